The molecule has 2 nitrogen and oxygen atoms in total. The first kappa shape index (κ1) is 13.3. The van der Waals surface area contributed by atoms with E-state index in [4.69, 9.17) is 0 Å². The normalized spacial score (nSPS) is 11.1. The van der Waals surface area contributed by atoms with Gasteiger partial charge in [-0.05, 0) is 30.2 Å². The molecule has 92 valence electrons. The van der Waals surface area contributed by atoms with Gasteiger partial charge in [-0.3, -0.25) is 0 Å². The number of allylic oxidation sites excluding steroid dienone is 1. The Hall–Kier alpha value is -1.78. The molecule has 0 N–H and O–H groups in total. The van der Waals surface area contributed by atoms with Crippen LogP contribution < -0.4 is 0 Å². The van der Waals surface area contributed by atoms with Crippen molar-refractivity contribution in [1.82, 2.24) is 0 Å². The van der Waals surface area contributed by atoms with Crippen LogP contribution in [-0.4, -0.2) is 13.1 Å². The van der Waals surface area contributed by atoms with Crippen molar-refractivity contribution < 1.29 is 22.7 Å². The van der Waals surface area contributed by atoms with Crippen molar-refractivity contribution in [1.29, 1.82) is 0 Å². The Bertz CT molecular complexity index is 436. The van der Waals surface area contributed by atoms with Crippen molar-refractivity contribution in [3.8, 4) is 0 Å². The average Bonchev–Trinajstić information content (AvgIpc) is 2.27. The molecule has 0 aliphatic rings. The third-order valence-electron chi connectivity index (χ3n) is 2.12. The number of halogens is 3. The molecule has 0 heterocycles. The van der Waals surface area contributed by atoms with Crippen LogP contribution in [0.5, 0.6) is 0 Å². The summed E-state index contributed by atoms with van der Waals surface area (Å²) in [7, 11) is 1.12. The van der Waals surface area contributed by atoms with Crippen molar-refractivity contribution in [2.75, 3.05) is 7.11 Å². The van der Waals surface area contributed by atoms with Crippen LogP contribution in [0.2, 0.25) is 0 Å². The number of methoxy groups -OCH3 is 1. The van der Waals surface area contributed by atoms with E-state index in [1.54, 1.807) is 0 Å². The zero-order valence-electron chi connectivity index (χ0n) is 9.17. The number of benzene rings is 1. The van der Waals surface area contributed by atoms with Gasteiger partial charge in [-0.15, -0.1) is 6.58 Å². The largest absolute Gasteiger partial charge is 0.465 e. The molecule has 0 aromatic heterocycles. The second-order valence-electron chi connectivity index (χ2n) is 3.40. The number of esters is 1. The Kier molecular flexibility index (Phi) is 3.93. The van der Waals surface area contributed by atoms with E-state index < -0.39 is 17.7 Å². The molecule has 0 amide bonds. The Morgan fingerprint density at radius 1 is 1.41 bits per heavy atom. The van der Waals surface area contributed by atoms with Gasteiger partial charge in [0.1, 0.15) is 0 Å². The van der Waals surface area contributed by atoms with Gasteiger partial charge in [0.2, 0.25) is 0 Å². The van der Waals surface area contributed by atoms with Gasteiger partial charge in [-0.25, -0.2) is 4.79 Å². The van der Waals surface area contributed by atoms with Gasteiger partial charge in [-0.2, -0.15) is 13.2 Å². The minimum Gasteiger partial charge on any atom is -0.465 e. The molecule has 0 bridgehead atoms. The van der Waals surface area contributed by atoms with Gasteiger partial charge >= 0.3 is 12.1 Å². The monoisotopic (exact) mass is 244 g/mol. The lowest BCUT2D eigenvalue weighted by Crippen LogP contribution is -2.09. The van der Waals surface area contributed by atoms with Crippen molar-refractivity contribution in [2.24, 2.45) is 0 Å². The predicted octanol–water partition coefficient (Wildman–Crippen LogP) is 3.22. The molecular weight excluding hydrogens is 233 g/mol. The first-order valence-electron chi connectivity index (χ1n) is 4.79. The van der Waals surface area contributed by atoms with Crippen LogP contribution in [0.25, 0.3) is 0 Å². The van der Waals surface area contributed by atoms with Crippen LogP contribution in [0.4, 0.5) is 13.2 Å². The van der Waals surface area contributed by atoms with Crippen molar-refractivity contribution in [3.05, 3.63) is 47.5 Å². The zero-order chi connectivity index (χ0) is 13.1. The maximum atomic E-state index is 12.6. The quantitative estimate of drug-likeness (QED) is 0.602. The molecule has 1 rings (SSSR count). The van der Waals surface area contributed by atoms with E-state index in [0.29, 0.717) is 5.56 Å². The standard InChI is InChI=1S/C12H11F3O2/c1-3-4-8-5-9(11(16)17-2)7-10(6-8)12(13,14)15/h3,5-7H,1,4H2,2H3. The summed E-state index contributed by atoms with van der Waals surface area (Å²) >= 11 is 0. The fourth-order valence-electron chi connectivity index (χ4n) is 1.38. The summed E-state index contributed by atoms with van der Waals surface area (Å²) in [5.41, 5.74) is -0.605. The first-order chi connectivity index (χ1) is 7.88. The van der Waals surface area contributed by atoms with Gasteiger partial charge in [0.25, 0.3) is 0 Å². The van der Waals surface area contributed by atoms with Crippen LogP contribution in [0.15, 0.2) is 30.9 Å². The molecule has 0 spiro atoms. The fourth-order valence-corrected chi connectivity index (χ4v) is 1.38. The lowest BCUT2D eigenvalue weighted by molar-refractivity contribution is -0.137. The first-order valence-corrected chi connectivity index (χ1v) is 4.79. The van der Waals surface area contributed by atoms with E-state index in [1.807, 2.05) is 0 Å². The van der Waals surface area contributed by atoms with E-state index in [0.717, 1.165) is 19.2 Å². The molecule has 0 atom stereocenters. The molecule has 0 saturated carbocycles. The summed E-state index contributed by atoms with van der Waals surface area (Å²) in [5, 5.41) is 0. The van der Waals surface area contributed by atoms with Gasteiger partial charge in [0.15, 0.2) is 0 Å². The van der Waals surface area contributed by atoms with E-state index in [-0.39, 0.29) is 12.0 Å². The predicted molar refractivity (Wildman–Crippen MR) is 56.7 cm³/mol. The van der Waals surface area contributed by atoms with E-state index >= 15 is 0 Å². The molecule has 0 unspecified atom stereocenters. The number of hydrogen-bond donors (Lipinski definition) is 0. The minimum absolute atomic E-state index is 0.112. The van der Waals surface area contributed by atoms with E-state index in [9.17, 15) is 18.0 Å². The smallest absolute Gasteiger partial charge is 0.416 e. The number of carbonyl (C=O) groups excluding carboxylic acids is 1. The molecule has 5 heteroatoms. The zero-order valence-corrected chi connectivity index (χ0v) is 9.17. The molecule has 0 radical (unpaired) electrons. The van der Waals surface area contributed by atoms with Gasteiger partial charge in [0.05, 0.1) is 18.2 Å². The number of rotatable bonds is 3. The van der Waals surface area contributed by atoms with Crippen LogP contribution in [0, 0.1) is 0 Å². The summed E-state index contributed by atoms with van der Waals surface area (Å²) in [5.74, 6) is -0.790. The third-order valence-corrected chi connectivity index (χ3v) is 2.12. The third kappa shape index (κ3) is 3.34. The topological polar surface area (TPSA) is 26.3 Å². The number of alkyl halides is 3. The number of carbonyl (C=O) groups is 1. The van der Waals surface area contributed by atoms with Crippen molar-refractivity contribution >= 4 is 5.97 Å². The molecule has 1 aromatic carbocycles. The van der Waals surface area contributed by atoms with Crippen LogP contribution in [0.3, 0.4) is 0 Å². The van der Waals surface area contributed by atoms with Crippen LogP contribution in [0.1, 0.15) is 21.5 Å². The van der Waals surface area contributed by atoms with Crippen molar-refractivity contribution in [2.45, 2.75) is 12.6 Å². The molecular formula is C12H11F3O2. The molecule has 0 aliphatic heterocycles. The maximum absolute atomic E-state index is 12.6. The van der Waals surface area contributed by atoms with Crippen LogP contribution >= 0.6 is 0 Å². The second kappa shape index (κ2) is 5.03. The van der Waals surface area contributed by atoms with Gasteiger partial charge < -0.3 is 4.74 Å². The summed E-state index contributed by atoms with van der Waals surface area (Å²) in [4.78, 5) is 11.2. The Morgan fingerprint density at radius 3 is 2.53 bits per heavy atom. The van der Waals surface area contributed by atoms with Gasteiger partial charge in [-0.1, -0.05) is 6.08 Å². The van der Waals surface area contributed by atoms with Crippen molar-refractivity contribution in [3.63, 3.8) is 0 Å². The van der Waals surface area contributed by atoms with E-state index in [1.165, 1.54) is 12.1 Å². The molecule has 1 aromatic rings. The molecule has 17 heavy (non-hydrogen) atoms. The summed E-state index contributed by atoms with van der Waals surface area (Å²) in [6.45, 7) is 3.45. The highest BCUT2D eigenvalue weighted by atomic mass is 19.4. The minimum atomic E-state index is -4.49. The second-order valence-corrected chi connectivity index (χ2v) is 3.40. The highest BCUT2D eigenvalue weighted by Gasteiger charge is 2.31. The SMILES string of the molecule is C=CCc1cc(C(=O)OC)cc(C(F)(F)F)c1. The maximum Gasteiger partial charge on any atom is 0.416 e. The Balaban J connectivity index is 3.28. The summed E-state index contributed by atoms with van der Waals surface area (Å²) in [6.07, 6.45) is -2.76. The average molecular weight is 244 g/mol. The lowest BCUT2D eigenvalue weighted by atomic mass is 10.0. The molecule has 0 saturated heterocycles. The fraction of sp³-hybridized carbons (Fsp3) is 0.250. The van der Waals surface area contributed by atoms with E-state index in [2.05, 4.69) is 11.3 Å². The Labute approximate surface area is 96.7 Å². The highest BCUT2D eigenvalue weighted by molar-refractivity contribution is 5.89. The van der Waals surface area contributed by atoms with Crippen LogP contribution in [-0.2, 0) is 17.3 Å². The Morgan fingerprint density at radius 2 is 2.06 bits per heavy atom. The number of ether oxygens (including phenoxy) is 1. The molecule has 0 aliphatic carbocycles. The summed E-state index contributed by atoms with van der Waals surface area (Å²) < 4.78 is 42.1. The number of hydrogen-bond acceptors (Lipinski definition) is 2. The molecule has 0 fully saturated rings. The summed E-state index contributed by atoms with van der Waals surface area (Å²) in [6, 6.07) is 3.13. The lowest BCUT2D eigenvalue weighted by Gasteiger charge is -2.10. The van der Waals surface area contributed by atoms with Gasteiger partial charge in [0, 0.05) is 0 Å². The highest BCUT2D eigenvalue weighted by Crippen LogP contribution is 2.31.